The number of anilines is 2. The summed E-state index contributed by atoms with van der Waals surface area (Å²) < 4.78 is 0. The number of hydrogen-bond acceptors (Lipinski definition) is 5. The molecule has 0 aliphatic carbocycles. The minimum absolute atomic E-state index is 0.00347. The number of rotatable bonds is 5. The van der Waals surface area contributed by atoms with Gasteiger partial charge in [-0.2, -0.15) is 0 Å². The van der Waals surface area contributed by atoms with Crippen molar-refractivity contribution in [1.29, 1.82) is 0 Å². The van der Waals surface area contributed by atoms with Gasteiger partial charge in [0, 0.05) is 24.7 Å². The van der Waals surface area contributed by atoms with E-state index in [2.05, 4.69) is 27.8 Å². The standard InChI is InChI=1S/C24H24N4O2S/c1-25-23-27-19(15-31-23)21(29)28-14-13-24(17-9-5-6-10-18(17)26-22(24)30)20(28)12-11-16-7-3-2-4-8-16/h2-10,15,20H,11-14H2,1H3,(H,25,27)(H,26,30)/t20-,24+/m0/s1. The fraction of sp³-hybridized carbons (Fsp3) is 0.292. The topological polar surface area (TPSA) is 74.3 Å². The predicted octanol–water partition coefficient (Wildman–Crippen LogP) is 3.92. The van der Waals surface area contributed by atoms with Crippen molar-refractivity contribution in [2.24, 2.45) is 0 Å². The maximum Gasteiger partial charge on any atom is 0.273 e. The highest BCUT2D eigenvalue weighted by Crippen LogP contribution is 2.49. The number of aryl methyl sites for hydroxylation is 1. The number of para-hydroxylation sites is 1. The molecule has 1 fully saturated rings. The quantitative estimate of drug-likeness (QED) is 0.641. The average Bonchev–Trinajstić information content (AvgIpc) is 3.50. The first-order valence-electron chi connectivity index (χ1n) is 10.5. The number of carbonyl (C=O) groups excluding carboxylic acids is 2. The zero-order valence-electron chi connectivity index (χ0n) is 17.3. The van der Waals surface area contributed by atoms with Gasteiger partial charge in [-0.3, -0.25) is 9.59 Å². The number of nitrogens with one attached hydrogen (secondary N) is 2. The molecule has 2 amide bonds. The average molecular weight is 433 g/mol. The number of thiazole rings is 1. The molecule has 2 aliphatic rings. The Morgan fingerprint density at radius 2 is 2.00 bits per heavy atom. The highest BCUT2D eigenvalue weighted by atomic mass is 32.1. The van der Waals surface area contributed by atoms with E-state index < -0.39 is 5.41 Å². The van der Waals surface area contributed by atoms with Gasteiger partial charge in [-0.15, -0.1) is 11.3 Å². The third-order valence-corrected chi connectivity index (χ3v) is 7.36. The number of benzene rings is 2. The SMILES string of the molecule is CNc1nc(C(=O)N2CC[C@]3(C(=O)Nc4ccccc43)[C@@H]2CCc2ccccc2)cs1. The Bertz CT molecular complexity index is 1130. The van der Waals surface area contributed by atoms with Crippen molar-refractivity contribution in [3.8, 4) is 0 Å². The molecule has 31 heavy (non-hydrogen) atoms. The van der Waals surface area contributed by atoms with Gasteiger partial charge in [-0.05, 0) is 36.5 Å². The summed E-state index contributed by atoms with van der Waals surface area (Å²) in [6.45, 7) is 0.534. The van der Waals surface area contributed by atoms with Gasteiger partial charge in [-0.25, -0.2) is 4.98 Å². The van der Waals surface area contributed by atoms with Crippen molar-refractivity contribution >= 4 is 34.0 Å². The maximum absolute atomic E-state index is 13.5. The molecule has 0 saturated carbocycles. The summed E-state index contributed by atoms with van der Waals surface area (Å²) in [5, 5.41) is 8.56. The van der Waals surface area contributed by atoms with Crippen LogP contribution in [0.2, 0.25) is 0 Å². The van der Waals surface area contributed by atoms with Crippen LogP contribution >= 0.6 is 11.3 Å². The van der Waals surface area contributed by atoms with E-state index in [0.717, 1.165) is 17.7 Å². The predicted molar refractivity (Wildman–Crippen MR) is 123 cm³/mol. The van der Waals surface area contributed by atoms with Crippen molar-refractivity contribution in [2.45, 2.75) is 30.7 Å². The highest BCUT2D eigenvalue weighted by molar-refractivity contribution is 7.13. The lowest BCUT2D eigenvalue weighted by Gasteiger charge is -2.34. The molecule has 7 heteroatoms. The molecule has 5 rings (SSSR count). The first-order chi connectivity index (χ1) is 15.1. The van der Waals surface area contributed by atoms with Crippen molar-refractivity contribution in [3.05, 3.63) is 76.8 Å². The highest BCUT2D eigenvalue weighted by Gasteiger charge is 2.58. The lowest BCUT2D eigenvalue weighted by atomic mass is 9.73. The number of nitrogens with zero attached hydrogens (tertiary/aromatic N) is 2. The summed E-state index contributed by atoms with van der Waals surface area (Å²) in [5.41, 5.74) is 2.78. The van der Waals surface area contributed by atoms with E-state index in [9.17, 15) is 9.59 Å². The Hall–Kier alpha value is -3.19. The molecule has 0 unspecified atom stereocenters. The van der Waals surface area contributed by atoms with Gasteiger partial charge in [0.2, 0.25) is 5.91 Å². The minimum atomic E-state index is -0.719. The molecule has 158 valence electrons. The molecule has 2 aromatic carbocycles. The third-order valence-electron chi connectivity index (χ3n) is 6.50. The summed E-state index contributed by atoms with van der Waals surface area (Å²) in [7, 11) is 1.79. The molecule has 2 atom stereocenters. The second kappa shape index (κ2) is 7.81. The van der Waals surface area contributed by atoms with Crippen LogP contribution in [0.25, 0.3) is 0 Å². The van der Waals surface area contributed by atoms with Crippen LogP contribution in [0, 0.1) is 0 Å². The van der Waals surface area contributed by atoms with Gasteiger partial charge in [0.15, 0.2) is 5.13 Å². The van der Waals surface area contributed by atoms with E-state index in [1.165, 1.54) is 16.9 Å². The number of carbonyl (C=O) groups is 2. The molecule has 2 N–H and O–H groups in total. The zero-order valence-corrected chi connectivity index (χ0v) is 18.1. The summed E-state index contributed by atoms with van der Waals surface area (Å²) in [4.78, 5) is 33.1. The Kier molecular flexibility index (Phi) is 4.98. The van der Waals surface area contributed by atoms with Crippen molar-refractivity contribution < 1.29 is 9.59 Å². The van der Waals surface area contributed by atoms with Crippen LogP contribution in [0.15, 0.2) is 60.0 Å². The van der Waals surface area contributed by atoms with E-state index in [4.69, 9.17) is 0 Å². The second-order valence-corrected chi connectivity index (χ2v) is 8.91. The van der Waals surface area contributed by atoms with Gasteiger partial charge in [0.05, 0.1) is 11.5 Å². The Balaban J connectivity index is 1.52. The molecule has 2 aliphatic heterocycles. The van der Waals surface area contributed by atoms with Crippen LogP contribution in [0.3, 0.4) is 0 Å². The summed E-state index contributed by atoms with van der Waals surface area (Å²) >= 11 is 1.41. The lowest BCUT2D eigenvalue weighted by Crippen LogP contribution is -2.49. The molecule has 3 heterocycles. The van der Waals surface area contributed by atoms with Crippen LogP contribution in [0.1, 0.15) is 34.5 Å². The van der Waals surface area contributed by atoms with Crippen molar-refractivity contribution in [1.82, 2.24) is 9.88 Å². The Morgan fingerprint density at radius 1 is 1.23 bits per heavy atom. The number of amides is 2. The van der Waals surface area contributed by atoms with E-state index in [0.29, 0.717) is 30.2 Å². The monoisotopic (exact) mass is 432 g/mol. The molecule has 1 spiro atoms. The first kappa shape index (κ1) is 19.8. The third kappa shape index (κ3) is 3.20. The fourth-order valence-electron chi connectivity index (χ4n) is 5.03. The summed E-state index contributed by atoms with van der Waals surface area (Å²) in [6, 6.07) is 17.9. The summed E-state index contributed by atoms with van der Waals surface area (Å²) in [5.74, 6) is -0.110. The van der Waals surface area contributed by atoms with E-state index in [1.807, 2.05) is 47.4 Å². The van der Waals surface area contributed by atoms with Crippen LogP contribution in [-0.2, 0) is 16.6 Å². The molecule has 0 bridgehead atoms. The van der Waals surface area contributed by atoms with Crippen LogP contribution in [0.4, 0.5) is 10.8 Å². The largest absolute Gasteiger partial charge is 0.365 e. The van der Waals surface area contributed by atoms with E-state index in [1.54, 1.807) is 12.4 Å². The Labute approximate surface area is 185 Å². The zero-order chi connectivity index (χ0) is 21.4. The van der Waals surface area contributed by atoms with Gasteiger partial charge in [-0.1, -0.05) is 48.5 Å². The van der Waals surface area contributed by atoms with Gasteiger partial charge in [0.25, 0.3) is 5.91 Å². The number of hydrogen-bond donors (Lipinski definition) is 2. The molecule has 3 aromatic rings. The Morgan fingerprint density at radius 3 is 2.77 bits per heavy atom. The number of likely N-dealkylation sites (tertiary alicyclic amines) is 1. The van der Waals surface area contributed by atoms with Crippen molar-refractivity contribution in [3.63, 3.8) is 0 Å². The fourth-order valence-corrected chi connectivity index (χ4v) is 5.67. The van der Waals surface area contributed by atoms with Crippen molar-refractivity contribution in [2.75, 3.05) is 24.2 Å². The number of aromatic nitrogens is 1. The lowest BCUT2D eigenvalue weighted by molar-refractivity contribution is -0.121. The second-order valence-electron chi connectivity index (χ2n) is 8.05. The molecule has 1 aromatic heterocycles. The van der Waals surface area contributed by atoms with Crippen LogP contribution in [0.5, 0.6) is 0 Å². The first-order valence-corrected chi connectivity index (χ1v) is 11.4. The molecular formula is C24H24N4O2S. The van der Waals surface area contributed by atoms with Crippen LogP contribution in [-0.4, -0.2) is 41.3 Å². The van der Waals surface area contributed by atoms with Crippen LogP contribution < -0.4 is 10.6 Å². The normalized spacial score (nSPS) is 21.9. The molecular weight excluding hydrogens is 408 g/mol. The van der Waals surface area contributed by atoms with Gasteiger partial charge >= 0.3 is 0 Å². The summed E-state index contributed by atoms with van der Waals surface area (Å²) in [6.07, 6.45) is 2.12. The van der Waals surface area contributed by atoms with Gasteiger partial charge in [0.1, 0.15) is 5.69 Å². The molecule has 0 radical (unpaired) electrons. The molecule has 6 nitrogen and oxygen atoms in total. The number of fused-ring (bicyclic) bond motifs is 2. The molecule has 1 saturated heterocycles. The smallest absolute Gasteiger partial charge is 0.273 e. The van der Waals surface area contributed by atoms with E-state index >= 15 is 0 Å². The van der Waals surface area contributed by atoms with E-state index in [-0.39, 0.29) is 17.9 Å². The maximum atomic E-state index is 13.5. The van der Waals surface area contributed by atoms with Gasteiger partial charge < -0.3 is 15.5 Å². The minimum Gasteiger partial charge on any atom is -0.365 e.